The molecule has 2 N–H and O–H groups in total. The maximum Gasteiger partial charge on any atom is 0.292 e. The van der Waals surface area contributed by atoms with Gasteiger partial charge in [-0.15, -0.1) is 0 Å². The predicted octanol–water partition coefficient (Wildman–Crippen LogP) is 3.36. The Bertz CT molecular complexity index is 617. The van der Waals surface area contributed by atoms with Gasteiger partial charge in [-0.2, -0.15) is 0 Å². The SMILES string of the molecule is Nc1cc(COc2cccc(I)c2)ccc1[N+](=O)[O-]. The standard InChI is InChI=1S/C13H11IN2O3/c14-10-2-1-3-11(7-10)19-8-9-4-5-13(16(17)18)12(15)6-9/h1-7H,8,15H2. The van der Waals surface area contributed by atoms with Crippen LogP contribution in [0, 0.1) is 13.7 Å². The number of hydrogen-bond donors (Lipinski definition) is 1. The number of hydrogen-bond acceptors (Lipinski definition) is 4. The summed E-state index contributed by atoms with van der Waals surface area (Å²) in [5.41, 5.74) is 6.47. The van der Waals surface area contributed by atoms with Crippen molar-refractivity contribution in [3.63, 3.8) is 0 Å². The summed E-state index contributed by atoms with van der Waals surface area (Å²) < 4.78 is 6.68. The van der Waals surface area contributed by atoms with Crippen LogP contribution >= 0.6 is 22.6 Å². The summed E-state index contributed by atoms with van der Waals surface area (Å²) in [6.07, 6.45) is 0. The zero-order chi connectivity index (χ0) is 13.8. The lowest BCUT2D eigenvalue weighted by Crippen LogP contribution is -2.00. The quantitative estimate of drug-likeness (QED) is 0.388. The molecular weight excluding hydrogens is 359 g/mol. The molecule has 0 fully saturated rings. The van der Waals surface area contributed by atoms with Crippen LogP contribution in [0.2, 0.25) is 0 Å². The maximum absolute atomic E-state index is 10.6. The molecule has 5 nitrogen and oxygen atoms in total. The van der Waals surface area contributed by atoms with E-state index in [1.807, 2.05) is 24.3 Å². The molecule has 6 heteroatoms. The Kier molecular flexibility index (Phi) is 4.20. The summed E-state index contributed by atoms with van der Waals surface area (Å²) in [5.74, 6) is 0.754. The number of nitrogens with two attached hydrogens (primary N) is 1. The second kappa shape index (κ2) is 5.87. The Balaban J connectivity index is 2.08. The fourth-order valence-electron chi connectivity index (χ4n) is 1.58. The Morgan fingerprint density at radius 3 is 2.68 bits per heavy atom. The van der Waals surface area contributed by atoms with Gasteiger partial charge < -0.3 is 10.5 Å². The molecule has 19 heavy (non-hydrogen) atoms. The highest BCUT2D eigenvalue weighted by atomic mass is 127. The second-order valence-corrected chi connectivity index (χ2v) is 5.14. The van der Waals surface area contributed by atoms with Gasteiger partial charge in [-0.1, -0.05) is 6.07 Å². The van der Waals surface area contributed by atoms with Crippen molar-refractivity contribution in [2.24, 2.45) is 0 Å². The van der Waals surface area contributed by atoms with Gasteiger partial charge in [0, 0.05) is 9.64 Å². The minimum absolute atomic E-state index is 0.0852. The van der Waals surface area contributed by atoms with Gasteiger partial charge in [-0.3, -0.25) is 10.1 Å². The molecule has 0 aliphatic heterocycles. The lowest BCUT2D eigenvalue weighted by Gasteiger charge is -2.07. The van der Waals surface area contributed by atoms with Gasteiger partial charge in [0.05, 0.1) is 4.92 Å². The highest BCUT2D eigenvalue weighted by Crippen LogP contribution is 2.23. The summed E-state index contributed by atoms with van der Waals surface area (Å²) in [4.78, 5) is 10.1. The van der Waals surface area contributed by atoms with Gasteiger partial charge in [-0.05, 0) is 58.5 Å². The molecule has 0 unspecified atom stereocenters. The number of rotatable bonds is 4. The number of nitro groups is 1. The van der Waals surface area contributed by atoms with E-state index in [9.17, 15) is 10.1 Å². The van der Waals surface area contributed by atoms with E-state index in [4.69, 9.17) is 10.5 Å². The van der Waals surface area contributed by atoms with E-state index >= 15 is 0 Å². The molecule has 98 valence electrons. The first-order valence-electron chi connectivity index (χ1n) is 5.47. The first-order valence-corrected chi connectivity index (χ1v) is 6.55. The largest absolute Gasteiger partial charge is 0.489 e. The molecule has 0 spiro atoms. The fraction of sp³-hybridized carbons (Fsp3) is 0.0769. The van der Waals surface area contributed by atoms with Crippen molar-refractivity contribution in [2.45, 2.75) is 6.61 Å². The van der Waals surface area contributed by atoms with E-state index in [1.165, 1.54) is 6.07 Å². The van der Waals surface area contributed by atoms with Crippen molar-refractivity contribution in [3.8, 4) is 5.75 Å². The molecule has 2 aromatic carbocycles. The van der Waals surface area contributed by atoms with Crippen LogP contribution in [0.3, 0.4) is 0 Å². The molecule has 0 bridgehead atoms. The first kappa shape index (κ1) is 13.6. The number of benzene rings is 2. The summed E-state index contributed by atoms with van der Waals surface area (Å²) in [6.45, 7) is 0.322. The van der Waals surface area contributed by atoms with Crippen molar-refractivity contribution < 1.29 is 9.66 Å². The lowest BCUT2D eigenvalue weighted by atomic mass is 10.2. The number of nitrogen functional groups attached to an aromatic ring is 1. The second-order valence-electron chi connectivity index (χ2n) is 3.90. The van der Waals surface area contributed by atoms with Crippen LogP contribution in [0.25, 0.3) is 0 Å². The fourth-order valence-corrected chi connectivity index (χ4v) is 2.10. The smallest absolute Gasteiger partial charge is 0.292 e. The molecule has 0 aliphatic carbocycles. The van der Waals surface area contributed by atoms with Gasteiger partial charge in [-0.25, -0.2) is 0 Å². The van der Waals surface area contributed by atoms with Crippen LogP contribution in [0.5, 0.6) is 5.75 Å². The molecule has 2 rings (SSSR count). The maximum atomic E-state index is 10.6. The third-order valence-electron chi connectivity index (χ3n) is 2.49. The van der Waals surface area contributed by atoms with Crippen LogP contribution in [0.15, 0.2) is 42.5 Å². The highest BCUT2D eigenvalue weighted by Gasteiger charge is 2.11. The molecule has 0 aromatic heterocycles. The molecule has 0 radical (unpaired) electrons. The zero-order valence-corrected chi connectivity index (χ0v) is 12.0. The van der Waals surface area contributed by atoms with Crippen LogP contribution in [-0.4, -0.2) is 4.92 Å². The molecule has 0 amide bonds. The predicted molar refractivity (Wildman–Crippen MR) is 81.0 cm³/mol. The number of nitro benzene ring substituents is 1. The van der Waals surface area contributed by atoms with E-state index in [0.29, 0.717) is 6.61 Å². The van der Waals surface area contributed by atoms with Crippen molar-refractivity contribution >= 4 is 34.0 Å². The van der Waals surface area contributed by atoms with Gasteiger partial charge in [0.2, 0.25) is 0 Å². The number of nitrogens with zero attached hydrogens (tertiary/aromatic N) is 1. The van der Waals surface area contributed by atoms with Crippen LogP contribution in [0.1, 0.15) is 5.56 Å². The number of halogens is 1. The van der Waals surface area contributed by atoms with Crippen molar-refractivity contribution in [3.05, 3.63) is 61.7 Å². The van der Waals surface area contributed by atoms with E-state index in [-0.39, 0.29) is 11.4 Å². The van der Waals surface area contributed by atoms with Gasteiger partial charge >= 0.3 is 0 Å². The summed E-state index contributed by atoms with van der Waals surface area (Å²) >= 11 is 2.20. The lowest BCUT2D eigenvalue weighted by molar-refractivity contribution is -0.383. The van der Waals surface area contributed by atoms with Crippen LogP contribution in [-0.2, 0) is 6.61 Å². The van der Waals surface area contributed by atoms with Gasteiger partial charge in [0.15, 0.2) is 0 Å². The van der Waals surface area contributed by atoms with E-state index in [0.717, 1.165) is 14.9 Å². The summed E-state index contributed by atoms with van der Waals surface area (Å²) in [5, 5.41) is 10.6. The normalized spacial score (nSPS) is 10.2. The molecular formula is C13H11IN2O3. The van der Waals surface area contributed by atoms with E-state index < -0.39 is 4.92 Å². The monoisotopic (exact) mass is 370 g/mol. The zero-order valence-electron chi connectivity index (χ0n) is 9.88. The third-order valence-corrected chi connectivity index (χ3v) is 3.16. The molecule has 0 heterocycles. The minimum Gasteiger partial charge on any atom is -0.489 e. The number of ether oxygens (including phenoxy) is 1. The average molecular weight is 370 g/mol. The van der Waals surface area contributed by atoms with Crippen LogP contribution in [0.4, 0.5) is 11.4 Å². The molecule has 0 atom stereocenters. The van der Waals surface area contributed by atoms with Gasteiger partial charge in [0.1, 0.15) is 18.0 Å². The average Bonchev–Trinajstić information content (AvgIpc) is 2.36. The Labute approximate surface area is 123 Å². The molecule has 0 saturated heterocycles. The van der Waals surface area contributed by atoms with Crippen molar-refractivity contribution in [1.82, 2.24) is 0 Å². The Morgan fingerprint density at radius 2 is 2.05 bits per heavy atom. The molecule has 0 saturated carbocycles. The minimum atomic E-state index is -0.500. The Morgan fingerprint density at radius 1 is 1.26 bits per heavy atom. The first-order chi connectivity index (χ1) is 9.06. The highest BCUT2D eigenvalue weighted by molar-refractivity contribution is 14.1. The van der Waals surface area contributed by atoms with E-state index in [1.54, 1.807) is 12.1 Å². The third kappa shape index (κ3) is 3.57. The topological polar surface area (TPSA) is 78.4 Å². The van der Waals surface area contributed by atoms with E-state index in [2.05, 4.69) is 22.6 Å². The van der Waals surface area contributed by atoms with Crippen molar-refractivity contribution in [1.29, 1.82) is 0 Å². The summed E-state index contributed by atoms with van der Waals surface area (Å²) in [6, 6.07) is 12.2. The molecule has 0 aliphatic rings. The van der Waals surface area contributed by atoms with Gasteiger partial charge in [0.25, 0.3) is 5.69 Å². The van der Waals surface area contributed by atoms with Crippen LogP contribution < -0.4 is 10.5 Å². The number of anilines is 1. The Hall–Kier alpha value is -1.83. The molecule has 2 aromatic rings. The van der Waals surface area contributed by atoms with Crippen molar-refractivity contribution in [2.75, 3.05) is 5.73 Å². The summed E-state index contributed by atoms with van der Waals surface area (Å²) in [7, 11) is 0.